The lowest BCUT2D eigenvalue weighted by atomic mass is 10.1. The molecule has 1 aliphatic heterocycles. The maximum atomic E-state index is 12.5. The molecular formula is C13H18BrClN2O3S. The molecule has 1 aliphatic rings. The van der Waals surface area contributed by atoms with Gasteiger partial charge in [0.05, 0.1) is 12.3 Å². The predicted molar refractivity (Wildman–Crippen MR) is 87.9 cm³/mol. The molecule has 2 N–H and O–H groups in total. The average Bonchev–Trinajstić information content (AvgIpc) is 2.44. The van der Waals surface area contributed by atoms with Gasteiger partial charge < -0.3 is 5.11 Å². The average molecular weight is 398 g/mol. The number of aliphatic hydroxyl groups is 1. The smallest absolute Gasteiger partial charge is 0.302 e. The number of nitrogens with one attached hydrogen (secondary N) is 1. The third-order valence-corrected chi connectivity index (χ3v) is 6.22. The summed E-state index contributed by atoms with van der Waals surface area (Å²) in [4.78, 5) is 0. The maximum absolute atomic E-state index is 12.5. The largest absolute Gasteiger partial charge is 0.395 e. The zero-order chi connectivity index (χ0) is 15.6. The number of aliphatic hydroxyl groups excluding tert-OH is 1. The highest BCUT2D eigenvalue weighted by Gasteiger charge is 2.32. The van der Waals surface area contributed by atoms with E-state index in [0.717, 1.165) is 18.4 Å². The maximum Gasteiger partial charge on any atom is 0.302 e. The molecule has 0 amide bonds. The summed E-state index contributed by atoms with van der Waals surface area (Å²) in [6.07, 6.45) is 2.40. The summed E-state index contributed by atoms with van der Waals surface area (Å²) in [5.41, 5.74) is 1.26. The highest BCUT2D eigenvalue weighted by Crippen LogP contribution is 2.31. The molecule has 0 saturated carbocycles. The summed E-state index contributed by atoms with van der Waals surface area (Å²) < 4.78 is 29.5. The van der Waals surface area contributed by atoms with Gasteiger partial charge in [0.1, 0.15) is 0 Å². The Morgan fingerprint density at radius 1 is 1.48 bits per heavy atom. The van der Waals surface area contributed by atoms with Crippen molar-refractivity contribution >= 4 is 43.4 Å². The monoisotopic (exact) mass is 396 g/mol. The summed E-state index contributed by atoms with van der Waals surface area (Å²) in [7, 11) is -3.72. The van der Waals surface area contributed by atoms with Crippen LogP contribution in [-0.4, -0.2) is 37.0 Å². The number of halogens is 2. The number of hydrogen-bond acceptors (Lipinski definition) is 3. The van der Waals surface area contributed by atoms with Crippen molar-refractivity contribution in [2.45, 2.75) is 32.2 Å². The van der Waals surface area contributed by atoms with Crippen molar-refractivity contribution in [1.29, 1.82) is 0 Å². The van der Waals surface area contributed by atoms with E-state index in [0.29, 0.717) is 28.1 Å². The Balaban J connectivity index is 2.26. The summed E-state index contributed by atoms with van der Waals surface area (Å²) in [5.74, 6) is 0. The third-order valence-electron chi connectivity index (χ3n) is 3.58. The van der Waals surface area contributed by atoms with Gasteiger partial charge in [-0.3, -0.25) is 4.72 Å². The van der Waals surface area contributed by atoms with Crippen LogP contribution in [-0.2, 0) is 10.2 Å². The quantitative estimate of drug-likeness (QED) is 0.821. The van der Waals surface area contributed by atoms with Gasteiger partial charge in [-0.05, 0) is 53.4 Å². The molecule has 21 heavy (non-hydrogen) atoms. The van der Waals surface area contributed by atoms with Gasteiger partial charge in [0.2, 0.25) is 0 Å². The van der Waals surface area contributed by atoms with Crippen LogP contribution in [0.3, 0.4) is 0 Å². The molecule has 0 radical (unpaired) electrons. The molecule has 1 aromatic rings. The molecule has 1 saturated heterocycles. The lowest BCUT2D eigenvalue weighted by Gasteiger charge is -2.33. The number of nitrogens with zero attached hydrogens (tertiary/aromatic N) is 1. The van der Waals surface area contributed by atoms with Crippen LogP contribution < -0.4 is 4.72 Å². The second-order valence-electron chi connectivity index (χ2n) is 5.13. The lowest BCUT2D eigenvalue weighted by molar-refractivity contribution is 0.156. The first-order valence-electron chi connectivity index (χ1n) is 6.71. The summed E-state index contributed by atoms with van der Waals surface area (Å²) in [6.45, 7) is 2.09. The fourth-order valence-corrected chi connectivity index (χ4v) is 4.74. The fourth-order valence-electron chi connectivity index (χ4n) is 2.40. The topological polar surface area (TPSA) is 69.6 Å². The minimum Gasteiger partial charge on any atom is -0.395 e. The molecule has 2 rings (SSSR count). The van der Waals surface area contributed by atoms with E-state index < -0.39 is 10.2 Å². The number of aryl methyl sites for hydroxylation is 1. The Kier molecular flexibility index (Phi) is 5.54. The molecular weight excluding hydrogens is 380 g/mol. The molecule has 0 bridgehead atoms. The Morgan fingerprint density at radius 2 is 2.19 bits per heavy atom. The van der Waals surface area contributed by atoms with Crippen LogP contribution >= 0.6 is 27.5 Å². The third kappa shape index (κ3) is 3.90. The van der Waals surface area contributed by atoms with E-state index in [4.69, 9.17) is 11.6 Å². The van der Waals surface area contributed by atoms with Crippen molar-refractivity contribution in [2.24, 2.45) is 0 Å². The van der Waals surface area contributed by atoms with Gasteiger partial charge in [0.15, 0.2) is 0 Å². The van der Waals surface area contributed by atoms with E-state index in [1.165, 1.54) is 4.31 Å². The van der Waals surface area contributed by atoms with Gasteiger partial charge in [-0.25, -0.2) is 0 Å². The molecule has 5 nitrogen and oxygen atoms in total. The SMILES string of the molecule is Cc1cc(Br)c(NS(=O)(=O)N2CCCCC2CO)cc1Cl. The van der Waals surface area contributed by atoms with Gasteiger partial charge in [-0.2, -0.15) is 12.7 Å². The standard InChI is InChI=1S/C13H18BrClN2O3S/c1-9-6-11(14)13(7-12(9)15)16-21(19,20)17-5-3-2-4-10(17)8-18/h6-7,10,16,18H,2-5,8H2,1H3. The van der Waals surface area contributed by atoms with Crippen LogP contribution in [0.2, 0.25) is 5.02 Å². The zero-order valence-corrected chi connectivity index (χ0v) is 14.8. The first kappa shape index (κ1) is 17.0. The number of piperidine rings is 1. The van der Waals surface area contributed by atoms with Crippen molar-refractivity contribution < 1.29 is 13.5 Å². The van der Waals surface area contributed by atoms with Gasteiger partial charge in [-0.15, -0.1) is 0 Å². The van der Waals surface area contributed by atoms with E-state index >= 15 is 0 Å². The van der Waals surface area contributed by atoms with Crippen molar-refractivity contribution in [3.8, 4) is 0 Å². The van der Waals surface area contributed by atoms with Crippen LogP contribution in [0.25, 0.3) is 0 Å². The van der Waals surface area contributed by atoms with Crippen LogP contribution in [0, 0.1) is 6.92 Å². The first-order valence-corrected chi connectivity index (χ1v) is 9.32. The van der Waals surface area contributed by atoms with Gasteiger partial charge in [0, 0.05) is 22.1 Å². The Bertz CT molecular complexity index is 624. The zero-order valence-electron chi connectivity index (χ0n) is 11.6. The van der Waals surface area contributed by atoms with Crippen LogP contribution in [0.1, 0.15) is 24.8 Å². The van der Waals surface area contributed by atoms with Gasteiger partial charge in [0.25, 0.3) is 0 Å². The first-order chi connectivity index (χ1) is 9.85. The van der Waals surface area contributed by atoms with E-state index in [1.807, 2.05) is 6.92 Å². The minimum atomic E-state index is -3.72. The van der Waals surface area contributed by atoms with E-state index in [2.05, 4.69) is 20.7 Å². The Morgan fingerprint density at radius 3 is 2.86 bits per heavy atom. The molecule has 1 aromatic carbocycles. The highest BCUT2D eigenvalue weighted by atomic mass is 79.9. The summed E-state index contributed by atoms with van der Waals surface area (Å²) in [5, 5.41) is 9.86. The molecule has 1 atom stereocenters. The fraction of sp³-hybridized carbons (Fsp3) is 0.538. The normalized spacial score (nSPS) is 20.5. The molecule has 1 unspecified atom stereocenters. The predicted octanol–water partition coefficient (Wildman–Crippen LogP) is 2.91. The molecule has 1 heterocycles. The Hall–Kier alpha value is -0.340. The minimum absolute atomic E-state index is 0.170. The van der Waals surface area contributed by atoms with Gasteiger partial charge >= 0.3 is 10.2 Å². The van der Waals surface area contributed by atoms with Crippen molar-refractivity contribution in [3.63, 3.8) is 0 Å². The molecule has 0 aromatic heterocycles. The summed E-state index contributed by atoms with van der Waals surface area (Å²) >= 11 is 9.38. The van der Waals surface area contributed by atoms with E-state index in [1.54, 1.807) is 12.1 Å². The van der Waals surface area contributed by atoms with Crippen LogP contribution in [0.4, 0.5) is 5.69 Å². The van der Waals surface area contributed by atoms with E-state index in [-0.39, 0.29) is 12.6 Å². The van der Waals surface area contributed by atoms with Crippen molar-refractivity contribution in [2.75, 3.05) is 17.9 Å². The Labute approximate surface area is 138 Å². The van der Waals surface area contributed by atoms with Crippen molar-refractivity contribution in [3.05, 3.63) is 27.2 Å². The van der Waals surface area contributed by atoms with Gasteiger partial charge in [-0.1, -0.05) is 18.0 Å². The molecule has 8 heteroatoms. The highest BCUT2D eigenvalue weighted by molar-refractivity contribution is 9.10. The lowest BCUT2D eigenvalue weighted by Crippen LogP contribution is -2.47. The second kappa shape index (κ2) is 6.83. The number of anilines is 1. The summed E-state index contributed by atoms with van der Waals surface area (Å²) in [6, 6.07) is 2.98. The van der Waals surface area contributed by atoms with Crippen LogP contribution in [0.5, 0.6) is 0 Å². The number of benzene rings is 1. The van der Waals surface area contributed by atoms with Crippen molar-refractivity contribution in [1.82, 2.24) is 4.31 Å². The molecule has 118 valence electrons. The second-order valence-corrected chi connectivity index (χ2v) is 8.02. The molecule has 0 aliphatic carbocycles. The van der Waals surface area contributed by atoms with E-state index in [9.17, 15) is 13.5 Å². The molecule has 0 spiro atoms. The number of hydrogen-bond donors (Lipinski definition) is 2. The molecule has 1 fully saturated rings. The van der Waals surface area contributed by atoms with Crippen LogP contribution in [0.15, 0.2) is 16.6 Å². The number of rotatable bonds is 4.